The Morgan fingerprint density at radius 2 is 1.79 bits per heavy atom. The summed E-state index contributed by atoms with van der Waals surface area (Å²) in [6.07, 6.45) is 3.73. The van der Waals surface area contributed by atoms with E-state index in [4.69, 9.17) is 9.47 Å². The van der Waals surface area contributed by atoms with Crippen LogP contribution in [0.3, 0.4) is 0 Å². The Morgan fingerprint density at radius 3 is 2.44 bits per heavy atom. The van der Waals surface area contributed by atoms with E-state index in [-0.39, 0.29) is 5.97 Å². The van der Waals surface area contributed by atoms with Gasteiger partial charge >= 0.3 is 5.97 Å². The molecular weight excluding hydrogens is 440 g/mol. The maximum atomic E-state index is 12.0. The smallest absolute Gasteiger partial charge is 0.331 e. The molecule has 0 bridgehead atoms. The zero-order chi connectivity index (χ0) is 24.8. The summed E-state index contributed by atoms with van der Waals surface area (Å²) in [6, 6.07) is 13.3. The predicted molar refractivity (Wildman–Crippen MR) is 146 cm³/mol. The van der Waals surface area contributed by atoms with Crippen LogP contribution in [0.5, 0.6) is 5.75 Å². The predicted octanol–water partition coefficient (Wildman–Crippen LogP) is 8.96. The zero-order valence-corrected chi connectivity index (χ0v) is 22.5. The van der Waals surface area contributed by atoms with Crippen molar-refractivity contribution in [2.75, 3.05) is 13.2 Å². The fourth-order valence-corrected chi connectivity index (χ4v) is 5.10. The van der Waals surface area contributed by atoms with E-state index in [0.717, 1.165) is 41.2 Å². The van der Waals surface area contributed by atoms with Crippen molar-refractivity contribution in [3.63, 3.8) is 0 Å². The molecule has 3 nitrogen and oxygen atoms in total. The number of carbonyl (C=O) groups excluding carboxylic acids is 1. The summed E-state index contributed by atoms with van der Waals surface area (Å²) in [5.41, 5.74) is 5.85. The molecule has 0 atom stereocenters. The topological polar surface area (TPSA) is 35.5 Å². The first-order valence-corrected chi connectivity index (χ1v) is 13.3. The van der Waals surface area contributed by atoms with Crippen molar-refractivity contribution in [2.24, 2.45) is 0 Å². The Balaban J connectivity index is 2.21. The number of ether oxygens (including phenoxy) is 2. The van der Waals surface area contributed by atoms with Gasteiger partial charge in [-0.25, -0.2) is 4.79 Å². The SMILES string of the molecule is CCCCOc1c(-c2cccc3sc(/C(C)=C/C(=O)OCC)cc23)cc(C(C)C)cc1C(C)C. The third-order valence-electron chi connectivity index (χ3n) is 6.03. The first-order chi connectivity index (χ1) is 16.3. The monoisotopic (exact) mass is 478 g/mol. The molecule has 2 aromatic carbocycles. The quantitative estimate of drug-likeness (QED) is 0.166. The van der Waals surface area contributed by atoms with E-state index in [1.807, 2.05) is 13.8 Å². The molecule has 1 aromatic heterocycles. The third-order valence-corrected chi connectivity index (χ3v) is 7.27. The molecular formula is C30H38O3S. The summed E-state index contributed by atoms with van der Waals surface area (Å²) in [5.74, 6) is 1.50. The summed E-state index contributed by atoms with van der Waals surface area (Å²) in [7, 11) is 0. The van der Waals surface area contributed by atoms with Gasteiger partial charge in [-0.05, 0) is 72.6 Å². The highest BCUT2D eigenvalue weighted by Crippen LogP contribution is 2.44. The van der Waals surface area contributed by atoms with Crippen LogP contribution in [-0.2, 0) is 9.53 Å². The van der Waals surface area contributed by atoms with Crippen LogP contribution in [0, 0.1) is 0 Å². The second-order valence-corrected chi connectivity index (χ2v) is 10.5. The number of hydrogen-bond donors (Lipinski definition) is 0. The van der Waals surface area contributed by atoms with Crippen LogP contribution in [0.4, 0.5) is 0 Å². The lowest BCUT2D eigenvalue weighted by molar-refractivity contribution is -0.137. The fourth-order valence-electron chi connectivity index (χ4n) is 4.04. The zero-order valence-electron chi connectivity index (χ0n) is 21.7. The first-order valence-electron chi connectivity index (χ1n) is 12.5. The van der Waals surface area contributed by atoms with Crippen molar-refractivity contribution in [1.29, 1.82) is 0 Å². The van der Waals surface area contributed by atoms with Gasteiger partial charge in [0.05, 0.1) is 13.2 Å². The van der Waals surface area contributed by atoms with Crippen molar-refractivity contribution in [2.45, 2.75) is 73.1 Å². The summed E-state index contributed by atoms with van der Waals surface area (Å²) in [5, 5.41) is 1.19. The van der Waals surface area contributed by atoms with Gasteiger partial charge in [0.2, 0.25) is 0 Å². The Hall–Kier alpha value is -2.59. The van der Waals surface area contributed by atoms with Crippen LogP contribution in [0.2, 0.25) is 0 Å². The van der Waals surface area contributed by atoms with Gasteiger partial charge in [-0.15, -0.1) is 11.3 Å². The van der Waals surface area contributed by atoms with E-state index >= 15 is 0 Å². The Labute approximate surface area is 208 Å². The number of esters is 1. The van der Waals surface area contributed by atoms with Gasteiger partial charge in [0.15, 0.2) is 0 Å². The number of fused-ring (bicyclic) bond motifs is 1. The van der Waals surface area contributed by atoms with Crippen LogP contribution >= 0.6 is 11.3 Å². The number of thiophene rings is 1. The molecule has 0 aliphatic rings. The van der Waals surface area contributed by atoms with Crippen LogP contribution in [0.1, 0.15) is 89.1 Å². The minimum atomic E-state index is -0.296. The largest absolute Gasteiger partial charge is 0.493 e. The Kier molecular flexibility index (Phi) is 8.96. The van der Waals surface area contributed by atoms with Gasteiger partial charge in [0.1, 0.15) is 5.75 Å². The van der Waals surface area contributed by atoms with Gasteiger partial charge in [-0.1, -0.05) is 59.2 Å². The van der Waals surface area contributed by atoms with Gasteiger partial charge in [-0.2, -0.15) is 0 Å². The molecule has 0 N–H and O–H groups in total. The average molecular weight is 479 g/mol. The third kappa shape index (κ3) is 5.90. The highest BCUT2D eigenvalue weighted by molar-refractivity contribution is 7.20. The first kappa shape index (κ1) is 26.0. The summed E-state index contributed by atoms with van der Waals surface area (Å²) in [4.78, 5) is 13.1. The molecule has 34 heavy (non-hydrogen) atoms. The van der Waals surface area contributed by atoms with E-state index in [0.29, 0.717) is 18.4 Å². The molecule has 0 amide bonds. The molecule has 0 spiro atoms. The van der Waals surface area contributed by atoms with Gasteiger partial charge < -0.3 is 9.47 Å². The van der Waals surface area contributed by atoms with E-state index in [2.05, 4.69) is 71.0 Å². The number of hydrogen-bond acceptors (Lipinski definition) is 4. The highest BCUT2D eigenvalue weighted by atomic mass is 32.1. The number of unbranched alkanes of at least 4 members (excludes halogenated alkanes) is 1. The van der Waals surface area contributed by atoms with Crippen LogP contribution in [0.15, 0.2) is 42.5 Å². The molecule has 0 unspecified atom stereocenters. The molecule has 1 heterocycles. The lowest BCUT2D eigenvalue weighted by atomic mass is 9.88. The average Bonchev–Trinajstić information content (AvgIpc) is 3.23. The molecule has 4 heteroatoms. The van der Waals surface area contributed by atoms with Crippen molar-refractivity contribution >= 4 is 33.0 Å². The second-order valence-electron chi connectivity index (χ2n) is 9.41. The number of rotatable bonds is 10. The maximum Gasteiger partial charge on any atom is 0.331 e. The molecule has 3 aromatic rings. The minimum Gasteiger partial charge on any atom is -0.493 e. The Morgan fingerprint density at radius 1 is 1.03 bits per heavy atom. The molecule has 0 aliphatic carbocycles. The molecule has 0 aliphatic heterocycles. The van der Waals surface area contributed by atoms with E-state index in [9.17, 15) is 4.79 Å². The highest BCUT2D eigenvalue weighted by Gasteiger charge is 2.20. The van der Waals surface area contributed by atoms with Gasteiger partial charge in [0.25, 0.3) is 0 Å². The molecule has 0 saturated heterocycles. The normalized spacial score (nSPS) is 12.1. The molecule has 182 valence electrons. The maximum absolute atomic E-state index is 12.0. The summed E-state index contributed by atoms with van der Waals surface area (Å²) < 4.78 is 12.8. The summed E-state index contributed by atoms with van der Waals surface area (Å²) >= 11 is 1.71. The van der Waals surface area contributed by atoms with E-state index in [1.165, 1.54) is 26.8 Å². The second kappa shape index (κ2) is 11.7. The number of carbonyl (C=O) groups is 1. The van der Waals surface area contributed by atoms with Crippen molar-refractivity contribution in [1.82, 2.24) is 0 Å². The van der Waals surface area contributed by atoms with Crippen molar-refractivity contribution in [3.05, 3.63) is 58.5 Å². The van der Waals surface area contributed by atoms with E-state index in [1.54, 1.807) is 17.4 Å². The van der Waals surface area contributed by atoms with Crippen LogP contribution in [0.25, 0.3) is 26.8 Å². The number of allylic oxidation sites excluding steroid dienone is 1. The fraction of sp³-hybridized carbons (Fsp3) is 0.433. The summed E-state index contributed by atoms with van der Waals surface area (Å²) in [6.45, 7) is 16.0. The van der Waals surface area contributed by atoms with Crippen LogP contribution < -0.4 is 4.74 Å². The van der Waals surface area contributed by atoms with Crippen molar-refractivity contribution < 1.29 is 14.3 Å². The van der Waals surface area contributed by atoms with Gasteiger partial charge in [0, 0.05) is 26.6 Å². The minimum absolute atomic E-state index is 0.296. The van der Waals surface area contributed by atoms with Crippen molar-refractivity contribution in [3.8, 4) is 16.9 Å². The lowest BCUT2D eigenvalue weighted by Crippen LogP contribution is -2.05. The number of benzene rings is 2. The molecule has 0 fully saturated rings. The molecule has 3 rings (SSSR count). The van der Waals surface area contributed by atoms with Crippen LogP contribution in [-0.4, -0.2) is 19.2 Å². The lowest BCUT2D eigenvalue weighted by Gasteiger charge is -2.22. The Bertz CT molecular complexity index is 1170. The molecule has 0 radical (unpaired) electrons. The molecule has 0 saturated carbocycles. The van der Waals surface area contributed by atoms with Gasteiger partial charge in [-0.3, -0.25) is 0 Å². The standard InChI is InChI=1S/C30H38O3S/c1-8-10-14-33-30-24(20(5)6)16-22(19(3)4)17-26(30)23-12-11-13-27-25(23)18-28(34-27)21(7)15-29(31)32-9-2/h11-13,15-20H,8-10,14H2,1-7H3/b21-15+. The van der Waals surface area contributed by atoms with E-state index < -0.39 is 0 Å².